The van der Waals surface area contributed by atoms with Crippen LogP contribution in [-0.4, -0.2) is 81.1 Å². The van der Waals surface area contributed by atoms with Gasteiger partial charge in [-0.25, -0.2) is 12.7 Å². The number of nitrogens with zero attached hydrogens (tertiary/aromatic N) is 3. The van der Waals surface area contributed by atoms with Crippen molar-refractivity contribution in [1.29, 1.82) is 0 Å². The van der Waals surface area contributed by atoms with Gasteiger partial charge in [-0.2, -0.15) is 0 Å². The molecule has 0 bridgehead atoms. The molecule has 0 aromatic heterocycles. The zero-order chi connectivity index (χ0) is 18.9. The average Bonchev–Trinajstić information content (AvgIpc) is 3.06. The third kappa shape index (κ3) is 7.19. The van der Waals surface area contributed by atoms with E-state index in [1.165, 1.54) is 4.31 Å². The monoisotopic (exact) mass is 375 g/mol. The average molecular weight is 376 g/mol. The van der Waals surface area contributed by atoms with Crippen LogP contribution >= 0.6 is 0 Å². The van der Waals surface area contributed by atoms with E-state index < -0.39 is 10.0 Å². The molecule has 146 valence electrons. The molecule has 1 fully saturated rings. The number of guanidine groups is 1. The van der Waals surface area contributed by atoms with E-state index in [9.17, 15) is 13.2 Å². The molecule has 0 aromatic carbocycles. The molecule has 1 heterocycles. The zero-order valence-corrected chi connectivity index (χ0v) is 16.7. The Morgan fingerprint density at radius 1 is 1.32 bits per heavy atom. The van der Waals surface area contributed by atoms with Gasteiger partial charge in [0.05, 0.1) is 5.75 Å². The van der Waals surface area contributed by atoms with E-state index in [0.717, 1.165) is 25.5 Å². The molecule has 2 N–H and O–H groups in total. The molecule has 0 aromatic rings. The zero-order valence-electron chi connectivity index (χ0n) is 15.9. The van der Waals surface area contributed by atoms with Crippen LogP contribution in [0.1, 0.15) is 40.0 Å². The van der Waals surface area contributed by atoms with Crippen molar-refractivity contribution in [3.63, 3.8) is 0 Å². The second-order valence-electron chi connectivity index (χ2n) is 6.16. The van der Waals surface area contributed by atoms with Crippen LogP contribution in [0.15, 0.2) is 4.99 Å². The lowest BCUT2D eigenvalue weighted by atomic mass is 10.3. The van der Waals surface area contributed by atoms with Crippen molar-refractivity contribution in [2.24, 2.45) is 4.99 Å². The van der Waals surface area contributed by atoms with Gasteiger partial charge >= 0.3 is 0 Å². The number of aliphatic imine (C=N–C) groups is 1. The molecule has 1 rings (SSSR count). The molecule has 9 heteroatoms. The van der Waals surface area contributed by atoms with Gasteiger partial charge in [-0.1, -0.05) is 6.92 Å². The second-order valence-corrected chi connectivity index (χ2v) is 8.52. The van der Waals surface area contributed by atoms with Gasteiger partial charge in [0, 0.05) is 52.2 Å². The molecule has 1 unspecified atom stereocenters. The Hall–Kier alpha value is -1.35. The Morgan fingerprint density at radius 2 is 2.04 bits per heavy atom. The largest absolute Gasteiger partial charge is 0.357 e. The van der Waals surface area contributed by atoms with E-state index in [1.54, 1.807) is 14.0 Å². The van der Waals surface area contributed by atoms with Gasteiger partial charge in [0.1, 0.15) is 0 Å². The minimum Gasteiger partial charge on any atom is -0.357 e. The number of sulfonamides is 1. The molecular formula is C16H33N5O3S. The van der Waals surface area contributed by atoms with E-state index in [-0.39, 0.29) is 17.7 Å². The minimum atomic E-state index is -3.13. The van der Waals surface area contributed by atoms with E-state index >= 15 is 0 Å². The van der Waals surface area contributed by atoms with E-state index in [4.69, 9.17) is 0 Å². The molecule has 1 atom stereocenters. The van der Waals surface area contributed by atoms with Gasteiger partial charge in [0.15, 0.2) is 5.96 Å². The minimum absolute atomic E-state index is 0.117. The number of nitrogens with one attached hydrogen (secondary N) is 2. The molecule has 1 aliphatic heterocycles. The molecule has 0 aliphatic carbocycles. The first-order valence-electron chi connectivity index (χ1n) is 9.10. The summed E-state index contributed by atoms with van der Waals surface area (Å²) < 4.78 is 24.8. The molecule has 0 spiro atoms. The molecular weight excluding hydrogens is 342 g/mol. The Bertz CT molecular complexity index is 550. The molecule has 1 saturated heterocycles. The maximum atomic E-state index is 11.8. The fourth-order valence-electron chi connectivity index (χ4n) is 2.69. The van der Waals surface area contributed by atoms with Gasteiger partial charge in [-0.15, -0.1) is 0 Å². The third-order valence-corrected chi connectivity index (χ3v) is 6.13. The van der Waals surface area contributed by atoms with Gasteiger partial charge in [0.25, 0.3) is 0 Å². The summed E-state index contributed by atoms with van der Waals surface area (Å²) in [7, 11) is -1.53. The summed E-state index contributed by atoms with van der Waals surface area (Å²) >= 11 is 0. The molecule has 0 saturated carbocycles. The quantitative estimate of drug-likeness (QED) is 0.342. The Balaban J connectivity index is 2.46. The van der Waals surface area contributed by atoms with Crippen LogP contribution in [-0.2, 0) is 14.8 Å². The van der Waals surface area contributed by atoms with E-state index in [0.29, 0.717) is 32.5 Å². The molecule has 0 radical (unpaired) electrons. The van der Waals surface area contributed by atoms with Crippen molar-refractivity contribution < 1.29 is 13.2 Å². The van der Waals surface area contributed by atoms with Crippen molar-refractivity contribution in [1.82, 2.24) is 19.8 Å². The van der Waals surface area contributed by atoms with E-state index in [1.807, 2.05) is 18.7 Å². The molecule has 1 amide bonds. The van der Waals surface area contributed by atoms with Crippen LogP contribution in [0.4, 0.5) is 0 Å². The van der Waals surface area contributed by atoms with Crippen molar-refractivity contribution in [3.05, 3.63) is 0 Å². The lowest BCUT2D eigenvalue weighted by Crippen LogP contribution is -2.45. The van der Waals surface area contributed by atoms with Crippen LogP contribution in [0.5, 0.6) is 0 Å². The van der Waals surface area contributed by atoms with Gasteiger partial charge in [-0.05, 0) is 26.7 Å². The lowest BCUT2D eigenvalue weighted by Gasteiger charge is -2.19. The van der Waals surface area contributed by atoms with Crippen LogP contribution in [0.2, 0.25) is 0 Å². The first-order chi connectivity index (χ1) is 11.8. The summed E-state index contributed by atoms with van der Waals surface area (Å²) in [5, 5.41) is 6.57. The van der Waals surface area contributed by atoms with Gasteiger partial charge in [-0.3, -0.25) is 9.79 Å². The SMILES string of the molecule is CCNC(=NCCCN(C)S(=O)(=O)CC)NC1CCN(C(=O)CC)C1. The summed E-state index contributed by atoms with van der Waals surface area (Å²) in [6.07, 6.45) is 2.11. The smallest absolute Gasteiger partial charge is 0.222 e. The van der Waals surface area contributed by atoms with Crippen LogP contribution in [0.25, 0.3) is 0 Å². The maximum absolute atomic E-state index is 11.8. The number of hydrogen-bond acceptors (Lipinski definition) is 4. The summed E-state index contributed by atoms with van der Waals surface area (Å²) in [6, 6.07) is 0.205. The Kier molecular flexibility index (Phi) is 9.20. The van der Waals surface area contributed by atoms with Gasteiger partial charge in [0.2, 0.25) is 15.9 Å². The standard InChI is InChI=1S/C16H33N5O3S/c1-5-15(22)21-12-9-14(13-21)19-16(17-6-2)18-10-8-11-20(4)25(23,24)7-3/h14H,5-13H2,1-4H3,(H2,17,18,19). The molecule has 25 heavy (non-hydrogen) atoms. The van der Waals surface area contributed by atoms with Gasteiger partial charge < -0.3 is 15.5 Å². The first kappa shape index (κ1) is 21.7. The fourth-order valence-corrected chi connectivity index (χ4v) is 3.53. The summed E-state index contributed by atoms with van der Waals surface area (Å²) in [4.78, 5) is 18.1. The highest BCUT2D eigenvalue weighted by atomic mass is 32.2. The highest BCUT2D eigenvalue weighted by Crippen LogP contribution is 2.10. The van der Waals surface area contributed by atoms with Crippen LogP contribution < -0.4 is 10.6 Å². The summed E-state index contributed by atoms with van der Waals surface area (Å²) in [5.41, 5.74) is 0. The highest BCUT2D eigenvalue weighted by Gasteiger charge is 2.25. The van der Waals surface area contributed by atoms with E-state index in [2.05, 4.69) is 15.6 Å². The van der Waals surface area contributed by atoms with Crippen molar-refractivity contribution in [2.45, 2.75) is 46.1 Å². The number of carbonyl (C=O) groups excluding carboxylic acids is 1. The summed E-state index contributed by atoms with van der Waals surface area (Å²) in [5.74, 6) is 1.02. The predicted octanol–water partition coefficient (Wildman–Crippen LogP) is 0.224. The van der Waals surface area contributed by atoms with Crippen molar-refractivity contribution >= 4 is 21.9 Å². The van der Waals surface area contributed by atoms with Crippen LogP contribution in [0.3, 0.4) is 0 Å². The Labute approximate surface area is 152 Å². The lowest BCUT2D eigenvalue weighted by molar-refractivity contribution is -0.129. The number of amides is 1. The molecule has 1 aliphatic rings. The highest BCUT2D eigenvalue weighted by molar-refractivity contribution is 7.89. The first-order valence-corrected chi connectivity index (χ1v) is 10.7. The Morgan fingerprint density at radius 3 is 2.64 bits per heavy atom. The third-order valence-electron chi connectivity index (χ3n) is 4.27. The van der Waals surface area contributed by atoms with Crippen molar-refractivity contribution in [2.75, 3.05) is 45.5 Å². The number of likely N-dealkylation sites (tertiary alicyclic amines) is 1. The topological polar surface area (TPSA) is 94.1 Å². The predicted molar refractivity (Wildman–Crippen MR) is 101 cm³/mol. The normalized spacial score (nSPS) is 18.7. The van der Waals surface area contributed by atoms with Crippen molar-refractivity contribution in [3.8, 4) is 0 Å². The van der Waals surface area contributed by atoms with Crippen LogP contribution in [0, 0.1) is 0 Å². The number of hydrogen-bond donors (Lipinski definition) is 2. The second kappa shape index (κ2) is 10.6. The fraction of sp³-hybridized carbons (Fsp3) is 0.875. The summed E-state index contributed by atoms with van der Waals surface area (Å²) in [6.45, 7) is 8.76. The maximum Gasteiger partial charge on any atom is 0.222 e. The number of rotatable bonds is 9. The number of carbonyl (C=O) groups is 1. The molecule has 8 nitrogen and oxygen atoms in total.